The second-order valence-corrected chi connectivity index (χ2v) is 4.66. The Bertz CT molecular complexity index is 744. The van der Waals surface area contributed by atoms with Crippen LogP contribution in [0.3, 0.4) is 0 Å². The molecule has 0 atom stereocenters. The van der Waals surface area contributed by atoms with Crippen LogP contribution in [0.2, 0.25) is 0 Å². The van der Waals surface area contributed by atoms with Crippen LogP contribution in [0.15, 0.2) is 54.7 Å². The third-order valence-corrected chi connectivity index (χ3v) is 3.29. The first-order valence-corrected chi connectivity index (χ1v) is 6.56. The minimum Gasteiger partial charge on any atom is -0.347 e. The van der Waals surface area contributed by atoms with Gasteiger partial charge < -0.3 is 4.57 Å². The molecule has 0 radical (unpaired) electrons. The van der Waals surface area contributed by atoms with Gasteiger partial charge in [-0.05, 0) is 30.2 Å². The van der Waals surface area contributed by atoms with Crippen molar-refractivity contribution in [1.82, 2.24) is 4.57 Å². The van der Waals surface area contributed by atoms with Crippen molar-refractivity contribution < 1.29 is 5.76 Å². The van der Waals surface area contributed by atoms with Gasteiger partial charge >= 0.3 is 0 Å². The lowest BCUT2D eigenvalue weighted by Gasteiger charge is -2.01. The van der Waals surface area contributed by atoms with E-state index in [1.165, 1.54) is 12.1 Å². The highest BCUT2D eigenvalue weighted by Gasteiger charge is 2.09. The third-order valence-electron chi connectivity index (χ3n) is 3.29. The number of nitrogens with zero attached hydrogens (tertiary/aromatic N) is 1. The first-order valence-electron chi connectivity index (χ1n) is 7.06. The summed E-state index contributed by atoms with van der Waals surface area (Å²) < 4.78 is 23.6. The van der Waals surface area contributed by atoms with Gasteiger partial charge in [-0.2, -0.15) is 0 Å². The highest BCUT2D eigenvalue weighted by Crippen LogP contribution is 2.30. The maximum atomic E-state index is 13.1. The molecule has 0 amide bonds. The molecular formula is C17H16FN. The molecule has 0 N–H and O–H groups in total. The van der Waals surface area contributed by atoms with Gasteiger partial charge in [0.1, 0.15) is 5.82 Å². The first-order chi connectivity index (χ1) is 9.72. The lowest BCUT2D eigenvalue weighted by molar-refractivity contribution is 0.628. The van der Waals surface area contributed by atoms with Gasteiger partial charge in [0.05, 0.1) is 1.37 Å². The SMILES string of the molecule is [2H]c1c(-c2ccc(F)cc2)c2ccccc2n1CCC. The van der Waals surface area contributed by atoms with Crippen LogP contribution in [-0.4, -0.2) is 4.57 Å². The minimum absolute atomic E-state index is 0.252. The topological polar surface area (TPSA) is 4.93 Å². The van der Waals surface area contributed by atoms with Crippen molar-refractivity contribution in [3.63, 3.8) is 0 Å². The largest absolute Gasteiger partial charge is 0.347 e. The molecular weight excluding hydrogens is 237 g/mol. The van der Waals surface area contributed by atoms with E-state index < -0.39 is 0 Å². The van der Waals surface area contributed by atoms with Crippen molar-refractivity contribution in [3.05, 3.63) is 60.5 Å². The lowest BCUT2D eigenvalue weighted by atomic mass is 10.1. The molecule has 96 valence electrons. The van der Waals surface area contributed by atoms with Gasteiger partial charge in [-0.1, -0.05) is 37.3 Å². The lowest BCUT2D eigenvalue weighted by Crippen LogP contribution is -1.93. The second-order valence-electron chi connectivity index (χ2n) is 4.66. The molecule has 2 heteroatoms. The number of hydrogen-bond donors (Lipinski definition) is 0. The molecule has 0 saturated heterocycles. The van der Waals surface area contributed by atoms with Gasteiger partial charge in [-0.3, -0.25) is 0 Å². The van der Waals surface area contributed by atoms with E-state index in [9.17, 15) is 4.39 Å². The molecule has 0 unspecified atom stereocenters. The monoisotopic (exact) mass is 254 g/mol. The quantitative estimate of drug-likeness (QED) is 0.629. The summed E-state index contributed by atoms with van der Waals surface area (Å²) in [5.74, 6) is -0.252. The van der Waals surface area contributed by atoms with E-state index in [1.54, 1.807) is 12.1 Å². The summed E-state index contributed by atoms with van der Waals surface area (Å²) in [6.07, 6.45) is 1.48. The molecule has 0 spiro atoms. The fourth-order valence-electron chi connectivity index (χ4n) is 2.41. The van der Waals surface area contributed by atoms with E-state index in [0.717, 1.165) is 35.0 Å². The van der Waals surface area contributed by atoms with E-state index in [4.69, 9.17) is 1.37 Å². The number of fused-ring (bicyclic) bond motifs is 1. The zero-order valence-electron chi connectivity index (χ0n) is 11.9. The van der Waals surface area contributed by atoms with Gasteiger partial charge in [0.25, 0.3) is 0 Å². The van der Waals surface area contributed by atoms with E-state index in [1.807, 2.05) is 28.8 Å². The molecule has 3 rings (SSSR count). The first kappa shape index (κ1) is 10.8. The number of halogens is 1. The molecule has 19 heavy (non-hydrogen) atoms. The summed E-state index contributed by atoms with van der Waals surface area (Å²) in [4.78, 5) is 0. The summed E-state index contributed by atoms with van der Waals surface area (Å²) in [6.45, 7) is 2.92. The zero-order chi connectivity index (χ0) is 14.1. The van der Waals surface area contributed by atoms with Crippen LogP contribution in [-0.2, 0) is 6.54 Å². The molecule has 1 aromatic heterocycles. The van der Waals surface area contributed by atoms with Crippen molar-refractivity contribution >= 4 is 10.9 Å². The van der Waals surface area contributed by atoms with Gasteiger partial charge in [0.15, 0.2) is 0 Å². The van der Waals surface area contributed by atoms with Crippen LogP contribution in [0.5, 0.6) is 0 Å². The average Bonchev–Trinajstić information content (AvgIpc) is 2.74. The van der Waals surface area contributed by atoms with E-state index in [2.05, 4.69) is 6.92 Å². The Morgan fingerprint density at radius 3 is 2.58 bits per heavy atom. The minimum atomic E-state index is -0.252. The standard InChI is InChI=1S/C17H16FN/c1-2-11-19-12-16(13-7-9-14(18)10-8-13)15-5-3-4-6-17(15)19/h3-10,12H,2,11H2,1H3/i12D. The van der Waals surface area contributed by atoms with Crippen molar-refractivity contribution in [1.29, 1.82) is 0 Å². The molecule has 0 bridgehead atoms. The van der Waals surface area contributed by atoms with Gasteiger partial charge in [-0.25, -0.2) is 4.39 Å². The molecule has 1 nitrogen and oxygen atoms in total. The highest BCUT2D eigenvalue weighted by molar-refractivity contribution is 5.96. The van der Waals surface area contributed by atoms with Gasteiger partial charge in [0, 0.05) is 29.2 Å². The molecule has 0 fully saturated rings. The van der Waals surface area contributed by atoms with Crippen LogP contribution in [0, 0.1) is 5.82 Å². The maximum absolute atomic E-state index is 13.1. The number of para-hydroxylation sites is 1. The predicted octanol–water partition coefficient (Wildman–Crippen LogP) is 4.86. The summed E-state index contributed by atoms with van der Waals surface area (Å²) in [7, 11) is 0. The average molecular weight is 254 g/mol. The Morgan fingerprint density at radius 1 is 1.11 bits per heavy atom. The molecule has 0 aliphatic rings. The van der Waals surface area contributed by atoms with E-state index >= 15 is 0 Å². The third kappa shape index (κ3) is 2.14. The molecule has 1 heterocycles. The Kier molecular flexibility index (Phi) is 2.78. The Hall–Kier alpha value is -2.09. The van der Waals surface area contributed by atoms with E-state index in [-0.39, 0.29) is 5.82 Å². The van der Waals surface area contributed by atoms with E-state index in [0.29, 0.717) is 6.17 Å². The highest BCUT2D eigenvalue weighted by atomic mass is 19.1. The normalized spacial score (nSPS) is 11.8. The number of aromatic nitrogens is 1. The fraction of sp³-hybridized carbons (Fsp3) is 0.176. The predicted molar refractivity (Wildman–Crippen MR) is 77.6 cm³/mol. The van der Waals surface area contributed by atoms with Crippen molar-refractivity contribution in [2.75, 3.05) is 0 Å². The van der Waals surface area contributed by atoms with Crippen molar-refractivity contribution in [2.45, 2.75) is 19.9 Å². The molecule has 0 aliphatic heterocycles. The van der Waals surface area contributed by atoms with Crippen LogP contribution in [0.25, 0.3) is 22.0 Å². The molecule has 0 aliphatic carbocycles. The second kappa shape index (κ2) is 4.88. The van der Waals surface area contributed by atoms with Crippen LogP contribution < -0.4 is 0 Å². The van der Waals surface area contributed by atoms with Crippen LogP contribution in [0.1, 0.15) is 14.7 Å². The Morgan fingerprint density at radius 2 is 1.84 bits per heavy atom. The van der Waals surface area contributed by atoms with Crippen LogP contribution in [0.4, 0.5) is 4.39 Å². The van der Waals surface area contributed by atoms with Crippen LogP contribution >= 0.6 is 0 Å². The maximum Gasteiger partial charge on any atom is 0.123 e. The zero-order valence-corrected chi connectivity index (χ0v) is 10.9. The summed E-state index contributed by atoms with van der Waals surface area (Å²) in [5, 5.41) is 1.05. The molecule has 3 aromatic rings. The fourth-order valence-corrected chi connectivity index (χ4v) is 2.41. The smallest absolute Gasteiger partial charge is 0.123 e. The van der Waals surface area contributed by atoms with Crippen molar-refractivity contribution in [3.8, 4) is 11.1 Å². The van der Waals surface area contributed by atoms with Crippen molar-refractivity contribution in [2.24, 2.45) is 0 Å². The summed E-state index contributed by atoms with van der Waals surface area (Å²) >= 11 is 0. The number of rotatable bonds is 3. The summed E-state index contributed by atoms with van der Waals surface area (Å²) in [6, 6.07) is 14.4. The Labute approximate surface area is 113 Å². The van der Waals surface area contributed by atoms with Gasteiger partial charge in [0.2, 0.25) is 0 Å². The molecule has 0 saturated carbocycles. The molecule has 2 aromatic carbocycles. The summed E-state index contributed by atoms with van der Waals surface area (Å²) in [5.41, 5.74) is 2.84. The Balaban J connectivity index is 2.29. The number of hydrogen-bond acceptors (Lipinski definition) is 0. The van der Waals surface area contributed by atoms with Gasteiger partial charge in [-0.15, -0.1) is 0 Å². The number of benzene rings is 2. The number of aryl methyl sites for hydroxylation is 1.